The van der Waals surface area contributed by atoms with Crippen LogP contribution in [-0.4, -0.2) is 23.0 Å². The topological polar surface area (TPSA) is 66.4 Å². The van der Waals surface area contributed by atoms with Crippen LogP contribution in [0.15, 0.2) is 18.2 Å². The van der Waals surface area contributed by atoms with Crippen LogP contribution < -0.4 is 5.32 Å². The van der Waals surface area contributed by atoms with E-state index >= 15 is 0 Å². The van der Waals surface area contributed by atoms with Gasteiger partial charge in [0.2, 0.25) is 0 Å². The Morgan fingerprint density at radius 3 is 2.38 bits per heavy atom. The number of carbonyl (C=O) groups is 2. The van der Waals surface area contributed by atoms with Gasteiger partial charge in [-0.15, -0.1) is 0 Å². The zero-order chi connectivity index (χ0) is 15.4. The minimum Gasteiger partial charge on any atom is -0.480 e. The van der Waals surface area contributed by atoms with Gasteiger partial charge in [0.15, 0.2) is 11.6 Å². The Bertz CT molecular complexity index is 542. The van der Waals surface area contributed by atoms with E-state index in [0.29, 0.717) is 0 Å². The fourth-order valence-electron chi connectivity index (χ4n) is 2.71. The maximum atomic E-state index is 13.1. The number of amides is 1. The molecule has 0 unspecified atom stereocenters. The van der Waals surface area contributed by atoms with Crippen molar-refractivity contribution in [2.75, 3.05) is 0 Å². The van der Waals surface area contributed by atoms with Crippen LogP contribution in [0.2, 0.25) is 0 Å². The van der Waals surface area contributed by atoms with Crippen molar-refractivity contribution in [3.8, 4) is 0 Å². The number of carbonyl (C=O) groups excluding carboxylic acids is 1. The molecule has 1 aliphatic rings. The minimum absolute atomic E-state index is 0.0871. The van der Waals surface area contributed by atoms with E-state index in [1.54, 1.807) is 0 Å². The Morgan fingerprint density at radius 2 is 1.81 bits per heavy atom. The van der Waals surface area contributed by atoms with Gasteiger partial charge in [-0.3, -0.25) is 4.79 Å². The number of hydrogen-bond donors (Lipinski definition) is 2. The summed E-state index contributed by atoms with van der Waals surface area (Å²) in [5.74, 6) is -4.10. The van der Waals surface area contributed by atoms with Gasteiger partial charge in [0.25, 0.3) is 5.91 Å². The second-order valence-electron chi connectivity index (χ2n) is 5.32. The Balaban J connectivity index is 2.10. The van der Waals surface area contributed by atoms with E-state index in [4.69, 9.17) is 0 Å². The zero-order valence-corrected chi connectivity index (χ0v) is 11.4. The van der Waals surface area contributed by atoms with Gasteiger partial charge >= 0.3 is 5.97 Å². The molecule has 1 amide bonds. The lowest BCUT2D eigenvalue weighted by Crippen LogP contribution is -2.46. The lowest BCUT2D eigenvalue weighted by atomic mass is 9.84. The van der Waals surface area contributed by atoms with Crippen molar-refractivity contribution in [3.63, 3.8) is 0 Å². The third kappa shape index (κ3) is 3.77. The van der Waals surface area contributed by atoms with Crippen LogP contribution in [0.5, 0.6) is 0 Å². The van der Waals surface area contributed by atoms with Crippen LogP contribution in [0.4, 0.5) is 8.78 Å². The maximum absolute atomic E-state index is 13.1. The van der Waals surface area contributed by atoms with E-state index in [1.165, 1.54) is 0 Å². The van der Waals surface area contributed by atoms with Gasteiger partial charge in [-0.2, -0.15) is 0 Å². The number of hydrogen-bond acceptors (Lipinski definition) is 2. The summed E-state index contributed by atoms with van der Waals surface area (Å²) in [6.07, 6.45) is 4.44. The van der Waals surface area contributed by atoms with Gasteiger partial charge in [0, 0.05) is 5.56 Å². The first-order valence-electron chi connectivity index (χ1n) is 6.98. The molecule has 0 heterocycles. The van der Waals surface area contributed by atoms with Crippen LogP contribution in [-0.2, 0) is 4.79 Å². The summed E-state index contributed by atoms with van der Waals surface area (Å²) in [7, 11) is 0. The van der Waals surface area contributed by atoms with E-state index in [-0.39, 0.29) is 11.5 Å². The van der Waals surface area contributed by atoms with Crippen molar-refractivity contribution < 1.29 is 23.5 Å². The molecule has 1 aromatic rings. The number of benzene rings is 1. The third-order valence-corrected chi connectivity index (χ3v) is 3.86. The molecule has 0 radical (unpaired) electrons. The predicted octanol–water partition coefficient (Wildman–Crippen LogP) is 2.73. The molecule has 1 saturated carbocycles. The first kappa shape index (κ1) is 15.4. The Labute approximate surface area is 121 Å². The molecule has 1 aliphatic carbocycles. The highest BCUT2D eigenvalue weighted by Gasteiger charge is 2.31. The second kappa shape index (κ2) is 6.65. The normalized spacial score (nSPS) is 17.2. The molecule has 0 saturated heterocycles. The lowest BCUT2D eigenvalue weighted by Gasteiger charge is -2.28. The zero-order valence-electron chi connectivity index (χ0n) is 11.4. The molecular formula is C15H17F2NO3. The Morgan fingerprint density at radius 1 is 1.14 bits per heavy atom. The lowest BCUT2D eigenvalue weighted by molar-refractivity contribution is -0.141. The molecule has 21 heavy (non-hydrogen) atoms. The predicted molar refractivity (Wildman–Crippen MR) is 71.8 cm³/mol. The summed E-state index contributed by atoms with van der Waals surface area (Å²) >= 11 is 0. The number of aliphatic carboxylic acids is 1. The van der Waals surface area contributed by atoms with Crippen LogP contribution in [0.3, 0.4) is 0 Å². The summed E-state index contributed by atoms with van der Waals surface area (Å²) in [5, 5.41) is 11.7. The van der Waals surface area contributed by atoms with Crippen molar-refractivity contribution in [1.29, 1.82) is 0 Å². The molecule has 6 heteroatoms. The number of carboxylic acid groups (broad SMARTS) is 1. The molecule has 1 fully saturated rings. The fourth-order valence-corrected chi connectivity index (χ4v) is 2.71. The SMILES string of the molecule is O=C(N[C@@H](C(=O)O)C1CCCCC1)c1ccc(F)c(F)c1. The molecule has 0 spiro atoms. The first-order valence-corrected chi connectivity index (χ1v) is 6.98. The van der Waals surface area contributed by atoms with Crippen molar-refractivity contribution >= 4 is 11.9 Å². The number of halogens is 2. The van der Waals surface area contributed by atoms with Crippen LogP contribution in [0.1, 0.15) is 42.5 Å². The number of rotatable bonds is 4. The maximum Gasteiger partial charge on any atom is 0.326 e. The van der Waals surface area contributed by atoms with Gasteiger partial charge in [0.1, 0.15) is 6.04 Å². The average Bonchev–Trinajstić information content (AvgIpc) is 2.48. The largest absolute Gasteiger partial charge is 0.480 e. The van der Waals surface area contributed by atoms with Crippen molar-refractivity contribution in [3.05, 3.63) is 35.4 Å². The van der Waals surface area contributed by atoms with E-state index in [9.17, 15) is 23.5 Å². The number of nitrogens with one attached hydrogen (secondary N) is 1. The molecule has 0 aliphatic heterocycles. The molecular weight excluding hydrogens is 280 g/mol. The van der Waals surface area contributed by atoms with E-state index in [2.05, 4.69) is 5.32 Å². The highest BCUT2D eigenvalue weighted by Crippen LogP contribution is 2.26. The average molecular weight is 297 g/mol. The van der Waals surface area contributed by atoms with Crippen molar-refractivity contribution in [2.24, 2.45) is 5.92 Å². The second-order valence-corrected chi connectivity index (χ2v) is 5.32. The van der Waals surface area contributed by atoms with Crippen LogP contribution in [0, 0.1) is 17.6 Å². The molecule has 0 bridgehead atoms. The summed E-state index contributed by atoms with van der Waals surface area (Å²) < 4.78 is 26.0. The summed E-state index contributed by atoms with van der Waals surface area (Å²) in [5.41, 5.74) is -0.0871. The third-order valence-electron chi connectivity index (χ3n) is 3.86. The van der Waals surface area contributed by atoms with E-state index < -0.39 is 29.6 Å². The van der Waals surface area contributed by atoms with E-state index in [1.807, 2.05) is 0 Å². The monoisotopic (exact) mass is 297 g/mol. The quantitative estimate of drug-likeness (QED) is 0.898. The van der Waals surface area contributed by atoms with E-state index in [0.717, 1.165) is 50.3 Å². The summed E-state index contributed by atoms with van der Waals surface area (Å²) in [6.45, 7) is 0. The molecule has 0 aromatic heterocycles. The Kier molecular flexibility index (Phi) is 4.88. The van der Waals surface area contributed by atoms with Crippen LogP contribution >= 0.6 is 0 Å². The molecule has 4 nitrogen and oxygen atoms in total. The molecule has 2 N–H and O–H groups in total. The standard InChI is InChI=1S/C15H17F2NO3/c16-11-7-6-10(8-12(11)17)14(19)18-13(15(20)21)9-4-2-1-3-5-9/h6-9,13H,1-5H2,(H,18,19)(H,20,21)/t13-/m1/s1. The summed E-state index contributed by atoms with van der Waals surface area (Å²) in [6, 6.07) is 1.75. The van der Waals surface area contributed by atoms with Crippen LogP contribution in [0.25, 0.3) is 0 Å². The van der Waals surface area contributed by atoms with Gasteiger partial charge in [-0.1, -0.05) is 19.3 Å². The number of carboxylic acids is 1. The van der Waals surface area contributed by atoms with Gasteiger partial charge in [-0.25, -0.2) is 13.6 Å². The molecule has 1 atom stereocenters. The molecule has 1 aromatic carbocycles. The highest BCUT2D eigenvalue weighted by atomic mass is 19.2. The van der Waals surface area contributed by atoms with Gasteiger partial charge in [0.05, 0.1) is 0 Å². The van der Waals surface area contributed by atoms with Crippen molar-refractivity contribution in [2.45, 2.75) is 38.1 Å². The smallest absolute Gasteiger partial charge is 0.326 e. The first-order chi connectivity index (χ1) is 9.99. The highest BCUT2D eigenvalue weighted by molar-refractivity contribution is 5.96. The molecule has 2 rings (SSSR count). The molecule has 114 valence electrons. The summed E-state index contributed by atoms with van der Waals surface area (Å²) in [4.78, 5) is 23.3. The minimum atomic E-state index is -1.13. The van der Waals surface area contributed by atoms with Gasteiger partial charge < -0.3 is 10.4 Å². The fraction of sp³-hybridized carbons (Fsp3) is 0.467. The van der Waals surface area contributed by atoms with Gasteiger partial charge in [-0.05, 0) is 37.0 Å². The van der Waals surface area contributed by atoms with Crippen molar-refractivity contribution in [1.82, 2.24) is 5.32 Å². The Hall–Kier alpha value is -1.98.